The molecular weight excluding hydrogens is 396 g/mol. The maximum Gasteiger partial charge on any atom is 0.191 e. The first-order valence-electron chi connectivity index (χ1n) is 8.62. The van der Waals surface area contributed by atoms with Crippen molar-refractivity contribution in [2.24, 2.45) is 12.0 Å². The lowest BCUT2D eigenvalue weighted by Crippen LogP contribution is -2.38. The number of aliphatic imine (C=N–C) groups is 1. The molecule has 0 saturated carbocycles. The number of methoxy groups -OCH3 is 1. The van der Waals surface area contributed by atoms with E-state index in [9.17, 15) is 0 Å². The minimum atomic E-state index is 0.562. The van der Waals surface area contributed by atoms with Gasteiger partial charge in [0.15, 0.2) is 11.8 Å². The molecule has 2 rings (SSSR count). The van der Waals surface area contributed by atoms with Gasteiger partial charge in [-0.15, -0.1) is 10.2 Å². The zero-order valence-electron chi connectivity index (χ0n) is 15.8. The summed E-state index contributed by atoms with van der Waals surface area (Å²) in [5, 5.41) is 14.9. The van der Waals surface area contributed by atoms with Crippen LogP contribution in [0.4, 0.5) is 0 Å². The molecule has 0 amide bonds. The summed E-state index contributed by atoms with van der Waals surface area (Å²) in [6.45, 7) is 6.70. The van der Waals surface area contributed by atoms with Gasteiger partial charge in [-0.3, -0.25) is 0 Å². The second-order valence-electron chi connectivity index (χ2n) is 6.08. The molecule has 26 heavy (non-hydrogen) atoms. The summed E-state index contributed by atoms with van der Waals surface area (Å²) in [4.78, 5) is 4.71. The van der Waals surface area contributed by atoms with Crippen molar-refractivity contribution in [3.63, 3.8) is 0 Å². The lowest BCUT2D eigenvalue weighted by molar-refractivity contribution is 0.195. The fourth-order valence-electron chi connectivity index (χ4n) is 2.37. The van der Waals surface area contributed by atoms with Crippen LogP contribution in [-0.4, -0.2) is 41.0 Å². The molecule has 0 aliphatic rings. The molecule has 142 valence electrons. The Labute approximate surface area is 163 Å². The van der Waals surface area contributed by atoms with Crippen LogP contribution in [0, 0.1) is 13.8 Å². The molecule has 0 radical (unpaired) electrons. The summed E-state index contributed by atoms with van der Waals surface area (Å²) < 4.78 is 8.15. The number of ether oxygens (including phenoxy) is 1. The molecule has 0 atom stereocenters. The molecule has 0 spiro atoms. The fraction of sp³-hybridized carbons (Fsp3) is 0.500. The first-order chi connectivity index (χ1) is 12.5. The molecule has 1 aromatic heterocycles. The Kier molecular flexibility index (Phi) is 8.06. The van der Waals surface area contributed by atoms with Crippen molar-refractivity contribution in [3.8, 4) is 0 Å². The van der Waals surface area contributed by atoms with E-state index < -0.39 is 0 Å². The Morgan fingerprint density at radius 1 is 1.27 bits per heavy atom. The van der Waals surface area contributed by atoms with Gasteiger partial charge >= 0.3 is 0 Å². The van der Waals surface area contributed by atoms with E-state index in [4.69, 9.17) is 9.73 Å². The molecule has 0 bridgehead atoms. The van der Waals surface area contributed by atoms with Gasteiger partial charge in [0.2, 0.25) is 0 Å². The van der Waals surface area contributed by atoms with E-state index in [0.29, 0.717) is 19.7 Å². The van der Waals surface area contributed by atoms with Crippen molar-refractivity contribution >= 4 is 21.9 Å². The molecule has 0 saturated heterocycles. The lowest BCUT2D eigenvalue weighted by Gasteiger charge is -2.13. The molecule has 0 fully saturated rings. The van der Waals surface area contributed by atoms with Gasteiger partial charge in [-0.2, -0.15) is 0 Å². The topological polar surface area (TPSA) is 76.4 Å². The molecular formula is C18H27BrN6O. The van der Waals surface area contributed by atoms with Gasteiger partial charge in [-0.25, -0.2) is 4.99 Å². The highest BCUT2D eigenvalue weighted by atomic mass is 79.9. The summed E-state index contributed by atoms with van der Waals surface area (Å²) in [5.74, 6) is 2.51. The summed E-state index contributed by atoms with van der Waals surface area (Å²) in [7, 11) is 3.67. The highest BCUT2D eigenvalue weighted by Crippen LogP contribution is 2.16. The third kappa shape index (κ3) is 6.10. The van der Waals surface area contributed by atoms with Gasteiger partial charge in [0, 0.05) is 31.8 Å². The number of benzene rings is 1. The summed E-state index contributed by atoms with van der Waals surface area (Å²) in [5.41, 5.74) is 2.41. The molecule has 0 aliphatic heterocycles. The van der Waals surface area contributed by atoms with Crippen molar-refractivity contribution in [1.82, 2.24) is 25.4 Å². The van der Waals surface area contributed by atoms with E-state index in [1.165, 1.54) is 11.1 Å². The Morgan fingerprint density at radius 3 is 2.73 bits per heavy atom. The van der Waals surface area contributed by atoms with E-state index in [-0.39, 0.29) is 0 Å². The third-order valence-corrected chi connectivity index (χ3v) is 4.62. The average Bonchev–Trinajstić information content (AvgIpc) is 2.93. The molecule has 8 heteroatoms. The number of guanidine groups is 1. The van der Waals surface area contributed by atoms with E-state index in [1.54, 1.807) is 7.11 Å². The minimum Gasteiger partial charge on any atom is -0.385 e. The normalized spacial score (nSPS) is 11.7. The van der Waals surface area contributed by atoms with Crippen LogP contribution >= 0.6 is 15.9 Å². The Bertz CT molecular complexity index is 743. The number of rotatable bonds is 8. The Balaban J connectivity index is 2.02. The smallest absolute Gasteiger partial charge is 0.191 e. The monoisotopic (exact) mass is 422 g/mol. The number of hydrogen-bond donors (Lipinski definition) is 2. The first kappa shape index (κ1) is 20.4. The van der Waals surface area contributed by atoms with Gasteiger partial charge in [-0.05, 0) is 43.5 Å². The van der Waals surface area contributed by atoms with Crippen molar-refractivity contribution in [3.05, 3.63) is 45.4 Å². The van der Waals surface area contributed by atoms with Gasteiger partial charge < -0.3 is 19.9 Å². The Morgan fingerprint density at radius 2 is 2.08 bits per heavy atom. The molecule has 0 aliphatic carbocycles. The fourth-order valence-corrected chi connectivity index (χ4v) is 2.84. The number of halogens is 1. The quantitative estimate of drug-likeness (QED) is 0.388. The molecule has 1 aromatic carbocycles. The van der Waals surface area contributed by atoms with Crippen LogP contribution in [0.3, 0.4) is 0 Å². The van der Waals surface area contributed by atoms with Crippen LogP contribution in [0.15, 0.2) is 27.7 Å². The molecule has 2 N–H and O–H groups in total. The van der Waals surface area contributed by atoms with Crippen LogP contribution in [0.25, 0.3) is 0 Å². The molecule has 7 nitrogen and oxygen atoms in total. The van der Waals surface area contributed by atoms with Crippen molar-refractivity contribution in [2.75, 3.05) is 20.3 Å². The number of nitrogens with zero attached hydrogens (tertiary/aromatic N) is 4. The summed E-state index contributed by atoms with van der Waals surface area (Å²) >= 11 is 3.50. The van der Waals surface area contributed by atoms with Crippen LogP contribution in [0.1, 0.15) is 29.2 Å². The van der Waals surface area contributed by atoms with Crippen LogP contribution in [0.5, 0.6) is 0 Å². The molecule has 1 heterocycles. The van der Waals surface area contributed by atoms with Crippen LogP contribution < -0.4 is 10.6 Å². The number of hydrogen-bond acceptors (Lipinski definition) is 4. The highest BCUT2D eigenvalue weighted by molar-refractivity contribution is 9.10. The number of nitrogens with one attached hydrogen (secondary N) is 2. The first-order valence-corrected chi connectivity index (χ1v) is 9.41. The lowest BCUT2D eigenvalue weighted by atomic mass is 10.1. The van der Waals surface area contributed by atoms with E-state index in [0.717, 1.165) is 35.0 Å². The van der Waals surface area contributed by atoms with E-state index in [1.807, 2.05) is 24.6 Å². The number of aryl methyl sites for hydroxylation is 2. The van der Waals surface area contributed by atoms with Gasteiger partial charge in [-0.1, -0.05) is 22.0 Å². The van der Waals surface area contributed by atoms with Crippen LogP contribution in [-0.2, 0) is 24.9 Å². The maximum atomic E-state index is 5.10. The molecule has 2 aromatic rings. The maximum absolute atomic E-state index is 5.10. The van der Waals surface area contributed by atoms with Gasteiger partial charge in [0.1, 0.15) is 5.82 Å². The summed E-state index contributed by atoms with van der Waals surface area (Å²) in [6.07, 6.45) is 0.914. The van der Waals surface area contributed by atoms with Gasteiger partial charge in [0.25, 0.3) is 0 Å². The van der Waals surface area contributed by atoms with Crippen molar-refractivity contribution in [2.45, 2.75) is 33.4 Å². The second-order valence-corrected chi connectivity index (χ2v) is 7.00. The SMILES string of the molecule is COCCCNC(=NCc1ccc(Br)cc1C)NCc1nnc(C)n1C. The largest absolute Gasteiger partial charge is 0.385 e. The minimum absolute atomic E-state index is 0.562. The molecule has 0 unspecified atom stereocenters. The standard InChI is InChI=1S/C18H27BrN6O/c1-13-10-16(19)7-6-15(13)11-21-18(20-8-5-9-26-4)22-12-17-24-23-14(2)25(17)3/h6-7,10H,5,8-9,11-12H2,1-4H3,(H2,20,21,22). The predicted molar refractivity (Wildman–Crippen MR) is 107 cm³/mol. The van der Waals surface area contributed by atoms with Crippen LogP contribution in [0.2, 0.25) is 0 Å². The number of aromatic nitrogens is 3. The van der Waals surface area contributed by atoms with Gasteiger partial charge in [0.05, 0.1) is 13.1 Å². The van der Waals surface area contributed by atoms with E-state index >= 15 is 0 Å². The zero-order chi connectivity index (χ0) is 18.9. The Hall–Kier alpha value is -1.93. The third-order valence-electron chi connectivity index (χ3n) is 4.13. The van der Waals surface area contributed by atoms with Crippen molar-refractivity contribution < 1.29 is 4.74 Å². The predicted octanol–water partition coefficient (Wildman–Crippen LogP) is 2.47. The summed E-state index contributed by atoms with van der Waals surface area (Å²) in [6, 6.07) is 6.24. The average molecular weight is 423 g/mol. The zero-order valence-corrected chi connectivity index (χ0v) is 17.4. The van der Waals surface area contributed by atoms with Crippen molar-refractivity contribution in [1.29, 1.82) is 0 Å². The van der Waals surface area contributed by atoms with E-state index in [2.05, 4.69) is 55.8 Å². The highest BCUT2D eigenvalue weighted by Gasteiger charge is 2.06. The second kappa shape index (κ2) is 10.3.